The molecule has 3 nitrogen and oxygen atoms in total. The summed E-state index contributed by atoms with van der Waals surface area (Å²) in [5, 5.41) is 0. The van der Waals surface area contributed by atoms with Crippen LogP contribution in [-0.4, -0.2) is 13.2 Å². The monoisotopic (exact) mass is 285 g/mol. The van der Waals surface area contributed by atoms with Gasteiger partial charge in [-0.1, -0.05) is 43.3 Å². The molecule has 0 bridgehead atoms. The molecule has 2 unspecified atom stereocenters. The summed E-state index contributed by atoms with van der Waals surface area (Å²) in [6, 6.07) is 15.8. The molecule has 0 radical (unpaired) electrons. The van der Waals surface area contributed by atoms with Crippen molar-refractivity contribution in [2.24, 2.45) is 5.73 Å². The second-order valence-corrected chi connectivity index (χ2v) is 5.10. The fraction of sp³-hybridized carbons (Fsp3) is 0.333. The number of rotatable bonds is 6. The fourth-order valence-electron chi connectivity index (χ4n) is 2.25. The zero-order valence-electron chi connectivity index (χ0n) is 12.9. The Hall–Kier alpha value is -2.00. The van der Waals surface area contributed by atoms with E-state index >= 15 is 0 Å². The van der Waals surface area contributed by atoms with Gasteiger partial charge in [0.05, 0.1) is 13.2 Å². The molecule has 0 aliphatic heterocycles. The summed E-state index contributed by atoms with van der Waals surface area (Å²) in [5.41, 5.74) is 8.55. The normalized spacial score (nSPS) is 13.5. The van der Waals surface area contributed by atoms with E-state index in [0.717, 1.165) is 23.5 Å². The highest BCUT2D eigenvalue weighted by atomic mass is 16.5. The third kappa shape index (κ3) is 3.76. The van der Waals surface area contributed by atoms with Gasteiger partial charge >= 0.3 is 0 Å². The molecule has 0 fully saturated rings. The molecule has 3 heteroatoms. The van der Waals surface area contributed by atoms with Gasteiger partial charge < -0.3 is 15.2 Å². The first-order chi connectivity index (χ1) is 10.2. The molecule has 0 heterocycles. The van der Waals surface area contributed by atoms with E-state index in [1.165, 1.54) is 5.56 Å². The minimum atomic E-state index is -0.179. The maximum absolute atomic E-state index is 6.27. The highest BCUT2D eigenvalue weighted by Crippen LogP contribution is 2.30. The Morgan fingerprint density at radius 2 is 1.76 bits per heavy atom. The molecule has 2 rings (SSSR count). The van der Waals surface area contributed by atoms with Crippen LogP contribution in [0.1, 0.15) is 31.0 Å². The van der Waals surface area contributed by atoms with Gasteiger partial charge in [0.25, 0.3) is 0 Å². The predicted molar refractivity (Wildman–Crippen MR) is 85.8 cm³/mol. The molecule has 2 N–H and O–H groups in total. The quantitative estimate of drug-likeness (QED) is 0.879. The molecule has 0 aliphatic carbocycles. The lowest BCUT2D eigenvalue weighted by Gasteiger charge is -2.23. The minimum Gasteiger partial charge on any atom is -0.493 e. The van der Waals surface area contributed by atoms with Gasteiger partial charge in [0.1, 0.15) is 6.10 Å². The van der Waals surface area contributed by atoms with Crippen molar-refractivity contribution in [2.45, 2.75) is 32.4 Å². The molecule has 0 saturated carbocycles. The summed E-state index contributed by atoms with van der Waals surface area (Å²) in [7, 11) is 1.66. The van der Waals surface area contributed by atoms with Gasteiger partial charge in [0.15, 0.2) is 11.5 Å². The molecule has 0 spiro atoms. The molecule has 2 atom stereocenters. The van der Waals surface area contributed by atoms with Crippen LogP contribution in [0.3, 0.4) is 0 Å². The van der Waals surface area contributed by atoms with Crippen molar-refractivity contribution >= 4 is 0 Å². The molecule has 2 aromatic rings. The largest absolute Gasteiger partial charge is 0.493 e. The van der Waals surface area contributed by atoms with Crippen LogP contribution in [0.4, 0.5) is 0 Å². The second kappa shape index (κ2) is 7.14. The van der Waals surface area contributed by atoms with Gasteiger partial charge in [-0.3, -0.25) is 0 Å². The summed E-state index contributed by atoms with van der Waals surface area (Å²) in [5.74, 6) is 1.48. The number of hydrogen-bond donors (Lipinski definition) is 1. The van der Waals surface area contributed by atoms with Crippen LogP contribution in [-0.2, 0) is 6.42 Å². The number of ether oxygens (including phenoxy) is 2. The molecule has 2 aromatic carbocycles. The van der Waals surface area contributed by atoms with Crippen molar-refractivity contribution in [1.82, 2.24) is 0 Å². The Labute approximate surface area is 126 Å². The van der Waals surface area contributed by atoms with Gasteiger partial charge in [-0.25, -0.2) is 0 Å². The topological polar surface area (TPSA) is 44.5 Å². The Morgan fingerprint density at radius 3 is 2.38 bits per heavy atom. The molecular formula is C18H23NO2. The maximum atomic E-state index is 6.27. The third-order valence-electron chi connectivity index (χ3n) is 3.64. The molecular weight excluding hydrogens is 262 g/mol. The van der Waals surface area contributed by atoms with E-state index < -0.39 is 0 Å². The third-order valence-corrected chi connectivity index (χ3v) is 3.64. The summed E-state index contributed by atoms with van der Waals surface area (Å²) in [6.07, 6.45) is 0.823. The molecule has 0 aromatic heterocycles. The molecule has 0 amide bonds. The Bertz CT molecular complexity index is 569. The zero-order chi connectivity index (χ0) is 15.2. The van der Waals surface area contributed by atoms with Crippen LogP contribution >= 0.6 is 0 Å². The van der Waals surface area contributed by atoms with E-state index in [2.05, 4.69) is 13.0 Å². The van der Waals surface area contributed by atoms with Crippen molar-refractivity contribution in [2.75, 3.05) is 7.11 Å². The Kier molecular flexibility index (Phi) is 5.23. The summed E-state index contributed by atoms with van der Waals surface area (Å²) in [4.78, 5) is 0. The lowest BCUT2D eigenvalue weighted by atomic mass is 10.0. The zero-order valence-corrected chi connectivity index (χ0v) is 12.9. The van der Waals surface area contributed by atoms with E-state index in [-0.39, 0.29) is 12.1 Å². The lowest BCUT2D eigenvalue weighted by molar-refractivity contribution is 0.183. The minimum absolute atomic E-state index is 0.145. The Morgan fingerprint density at radius 1 is 1.05 bits per heavy atom. The van der Waals surface area contributed by atoms with Crippen LogP contribution in [0.5, 0.6) is 11.5 Å². The van der Waals surface area contributed by atoms with Crippen molar-refractivity contribution in [1.29, 1.82) is 0 Å². The lowest BCUT2D eigenvalue weighted by Crippen LogP contribution is -2.28. The van der Waals surface area contributed by atoms with Crippen molar-refractivity contribution < 1.29 is 9.47 Å². The predicted octanol–water partition coefficient (Wildman–Crippen LogP) is 3.72. The van der Waals surface area contributed by atoms with E-state index in [4.69, 9.17) is 15.2 Å². The van der Waals surface area contributed by atoms with Crippen LogP contribution in [0.25, 0.3) is 0 Å². The fourth-order valence-corrected chi connectivity index (χ4v) is 2.25. The summed E-state index contributed by atoms with van der Waals surface area (Å²) < 4.78 is 11.4. The van der Waals surface area contributed by atoms with E-state index in [0.29, 0.717) is 0 Å². The first kappa shape index (κ1) is 15.4. The van der Waals surface area contributed by atoms with Gasteiger partial charge in [-0.15, -0.1) is 0 Å². The average Bonchev–Trinajstić information content (AvgIpc) is 2.55. The SMILES string of the molecule is CCc1ccc(OC(C)C(N)c2ccccc2)c(OC)c1. The highest BCUT2D eigenvalue weighted by Gasteiger charge is 2.18. The standard InChI is InChI=1S/C18H23NO2/c1-4-14-10-11-16(17(12-14)20-3)21-13(2)18(19)15-8-6-5-7-9-15/h5-13,18H,4,19H2,1-3H3. The second-order valence-electron chi connectivity index (χ2n) is 5.10. The van der Waals surface area contributed by atoms with Crippen LogP contribution in [0.15, 0.2) is 48.5 Å². The number of hydrogen-bond acceptors (Lipinski definition) is 3. The number of methoxy groups -OCH3 is 1. The average molecular weight is 285 g/mol. The van der Waals surface area contributed by atoms with Gasteiger partial charge in [-0.2, -0.15) is 0 Å². The van der Waals surface area contributed by atoms with Gasteiger partial charge in [0, 0.05) is 0 Å². The maximum Gasteiger partial charge on any atom is 0.161 e. The van der Waals surface area contributed by atoms with Gasteiger partial charge in [-0.05, 0) is 36.6 Å². The van der Waals surface area contributed by atoms with E-state index in [9.17, 15) is 0 Å². The first-order valence-electron chi connectivity index (χ1n) is 7.29. The number of nitrogens with two attached hydrogens (primary N) is 1. The summed E-state index contributed by atoms with van der Waals surface area (Å²) in [6.45, 7) is 4.09. The smallest absolute Gasteiger partial charge is 0.161 e. The van der Waals surface area contributed by atoms with Gasteiger partial charge in [0.2, 0.25) is 0 Å². The number of aryl methyl sites for hydroxylation is 1. The molecule has 21 heavy (non-hydrogen) atoms. The van der Waals surface area contributed by atoms with Crippen LogP contribution in [0.2, 0.25) is 0 Å². The number of benzene rings is 2. The highest BCUT2D eigenvalue weighted by molar-refractivity contribution is 5.43. The van der Waals surface area contributed by atoms with Crippen molar-refractivity contribution in [3.63, 3.8) is 0 Å². The molecule has 0 aliphatic rings. The molecule has 0 saturated heterocycles. The van der Waals surface area contributed by atoms with Crippen molar-refractivity contribution in [3.8, 4) is 11.5 Å². The van der Waals surface area contributed by atoms with E-state index in [1.54, 1.807) is 7.11 Å². The molecule has 112 valence electrons. The summed E-state index contributed by atoms with van der Waals surface area (Å²) >= 11 is 0. The van der Waals surface area contributed by atoms with Crippen LogP contribution in [0, 0.1) is 0 Å². The van der Waals surface area contributed by atoms with Crippen LogP contribution < -0.4 is 15.2 Å². The van der Waals surface area contributed by atoms with E-state index in [1.807, 2.05) is 49.4 Å². The van der Waals surface area contributed by atoms with Crippen molar-refractivity contribution in [3.05, 3.63) is 59.7 Å². The first-order valence-corrected chi connectivity index (χ1v) is 7.29. The Balaban J connectivity index is 2.14.